The zero-order valence-corrected chi connectivity index (χ0v) is 16.2. The molecule has 142 valence electrons. The van der Waals surface area contributed by atoms with Crippen molar-refractivity contribution in [3.05, 3.63) is 47.3 Å². The maximum atomic E-state index is 13.1. The fraction of sp³-hybridized carbons (Fsp3) is 0.450. The van der Waals surface area contributed by atoms with Crippen LogP contribution in [0.1, 0.15) is 32.8 Å². The molecule has 7 heteroatoms. The van der Waals surface area contributed by atoms with Crippen molar-refractivity contribution in [1.29, 1.82) is 0 Å². The minimum Gasteiger partial charge on any atom is -0.310 e. The van der Waals surface area contributed by atoms with E-state index >= 15 is 0 Å². The number of fused-ring (bicyclic) bond motifs is 3. The summed E-state index contributed by atoms with van der Waals surface area (Å²) in [4.78, 5) is 37.7. The molecule has 4 rings (SSSR count). The smallest absolute Gasteiger partial charge is 0.310 e. The van der Waals surface area contributed by atoms with Crippen molar-refractivity contribution < 1.29 is 9.59 Å². The molecule has 0 aliphatic carbocycles. The van der Waals surface area contributed by atoms with E-state index in [9.17, 15) is 9.59 Å². The molecule has 3 heterocycles. The molecule has 2 unspecified atom stereocenters. The number of guanidine groups is 1. The molecule has 1 aromatic rings. The standard InChI is InChI=1S/C20H25N5O2/c1-5-11-23-18(26)16-17(22(4)20(23)27)21-19-24(13(2)14(3)25(16)19)12-15-9-7-6-8-10-15/h6-10,16-17H,5,11-12H2,1-4H3. The van der Waals surface area contributed by atoms with Gasteiger partial charge in [0.15, 0.2) is 12.2 Å². The Hall–Kier alpha value is -2.83. The first-order chi connectivity index (χ1) is 13.0. The SMILES string of the molecule is CCCN1C(=O)C2C(N=C3N(Cc4ccccc4)C(C)=C(C)N32)N(C)C1=O. The average molecular weight is 367 g/mol. The Morgan fingerprint density at radius 3 is 2.41 bits per heavy atom. The summed E-state index contributed by atoms with van der Waals surface area (Å²) in [6.07, 6.45) is 0.263. The van der Waals surface area contributed by atoms with Gasteiger partial charge in [0.1, 0.15) is 0 Å². The third-order valence-electron chi connectivity index (χ3n) is 5.63. The van der Waals surface area contributed by atoms with Crippen LogP contribution in [0, 0.1) is 0 Å². The van der Waals surface area contributed by atoms with E-state index < -0.39 is 12.2 Å². The molecule has 2 atom stereocenters. The van der Waals surface area contributed by atoms with Crippen molar-refractivity contribution in [3.63, 3.8) is 0 Å². The van der Waals surface area contributed by atoms with Gasteiger partial charge in [0.05, 0.1) is 6.54 Å². The maximum absolute atomic E-state index is 13.1. The van der Waals surface area contributed by atoms with Gasteiger partial charge in [-0.15, -0.1) is 0 Å². The lowest BCUT2D eigenvalue weighted by molar-refractivity contribution is -0.136. The predicted molar refractivity (Wildman–Crippen MR) is 102 cm³/mol. The Kier molecular flexibility index (Phi) is 4.17. The van der Waals surface area contributed by atoms with Crippen molar-refractivity contribution in [2.75, 3.05) is 13.6 Å². The number of rotatable bonds is 4. The summed E-state index contributed by atoms with van der Waals surface area (Å²) >= 11 is 0. The van der Waals surface area contributed by atoms with Gasteiger partial charge >= 0.3 is 6.03 Å². The van der Waals surface area contributed by atoms with Gasteiger partial charge in [0.25, 0.3) is 5.91 Å². The Morgan fingerprint density at radius 2 is 1.74 bits per heavy atom. The molecule has 0 saturated carbocycles. The van der Waals surface area contributed by atoms with Crippen LogP contribution >= 0.6 is 0 Å². The highest BCUT2D eigenvalue weighted by molar-refractivity contribution is 6.05. The van der Waals surface area contributed by atoms with Gasteiger partial charge in [-0.05, 0) is 25.8 Å². The van der Waals surface area contributed by atoms with E-state index in [1.165, 1.54) is 10.5 Å². The van der Waals surface area contributed by atoms with Crippen molar-refractivity contribution in [1.82, 2.24) is 19.6 Å². The lowest BCUT2D eigenvalue weighted by Crippen LogP contribution is -2.64. The predicted octanol–water partition coefficient (Wildman–Crippen LogP) is 2.42. The highest BCUT2D eigenvalue weighted by Crippen LogP contribution is 2.38. The van der Waals surface area contributed by atoms with Gasteiger partial charge in [-0.3, -0.25) is 14.6 Å². The first-order valence-electron chi connectivity index (χ1n) is 9.39. The number of urea groups is 1. The molecular weight excluding hydrogens is 342 g/mol. The van der Waals surface area contributed by atoms with Crippen LogP contribution in [-0.2, 0) is 11.3 Å². The van der Waals surface area contributed by atoms with Crippen LogP contribution in [0.5, 0.6) is 0 Å². The van der Waals surface area contributed by atoms with Crippen molar-refractivity contribution in [2.45, 2.75) is 45.9 Å². The quantitative estimate of drug-likeness (QED) is 0.820. The monoisotopic (exact) mass is 367 g/mol. The zero-order chi connectivity index (χ0) is 19.3. The molecule has 3 amide bonds. The summed E-state index contributed by atoms with van der Waals surface area (Å²) < 4.78 is 0. The first-order valence-corrected chi connectivity index (χ1v) is 9.39. The van der Waals surface area contributed by atoms with E-state index in [2.05, 4.69) is 24.0 Å². The van der Waals surface area contributed by atoms with E-state index in [-0.39, 0.29) is 11.9 Å². The summed E-state index contributed by atoms with van der Waals surface area (Å²) in [7, 11) is 1.73. The number of likely N-dealkylation sites (N-methyl/N-ethyl adjacent to an activating group) is 1. The average Bonchev–Trinajstić information content (AvgIpc) is 3.16. The van der Waals surface area contributed by atoms with E-state index in [4.69, 9.17) is 4.99 Å². The summed E-state index contributed by atoms with van der Waals surface area (Å²) in [6, 6.07) is 9.45. The number of imide groups is 1. The van der Waals surface area contributed by atoms with Crippen LogP contribution < -0.4 is 0 Å². The minimum absolute atomic E-state index is 0.155. The number of nitrogens with zero attached hydrogens (tertiary/aromatic N) is 5. The van der Waals surface area contributed by atoms with Gasteiger partial charge in [0, 0.05) is 25.0 Å². The van der Waals surface area contributed by atoms with Crippen LogP contribution in [-0.4, -0.2) is 63.3 Å². The number of benzene rings is 1. The van der Waals surface area contributed by atoms with Gasteiger partial charge in [0.2, 0.25) is 5.96 Å². The lowest BCUT2D eigenvalue weighted by Gasteiger charge is -2.40. The van der Waals surface area contributed by atoms with Crippen molar-refractivity contribution in [3.8, 4) is 0 Å². The summed E-state index contributed by atoms with van der Waals surface area (Å²) in [5.74, 6) is 0.604. The summed E-state index contributed by atoms with van der Waals surface area (Å²) in [5, 5.41) is 0. The minimum atomic E-state index is -0.482. The number of carbonyl (C=O) groups is 2. The second-order valence-corrected chi connectivity index (χ2v) is 7.28. The first kappa shape index (κ1) is 17.6. The maximum Gasteiger partial charge on any atom is 0.328 e. The van der Waals surface area contributed by atoms with Gasteiger partial charge in [-0.25, -0.2) is 9.79 Å². The van der Waals surface area contributed by atoms with Crippen LogP contribution in [0.15, 0.2) is 46.7 Å². The summed E-state index contributed by atoms with van der Waals surface area (Å²) in [5.41, 5.74) is 3.28. The van der Waals surface area contributed by atoms with Gasteiger partial charge < -0.3 is 9.80 Å². The Balaban J connectivity index is 1.70. The molecule has 0 radical (unpaired) electrons. The van der Waals surface area contributed by atoms with Crippen molar-refractivity contribution in [2.24, 2.45) is 4.99 Å². The fourth-order valence-electron chi connectivity index (χ4n) is 4.07. The van der Waals surface area contributed by atoms with Crippen LogP contribution in [0.4, 0.5) is 4.79 Å². The third kappa shape index (κ3) is 2.52. The van der Waals surface area contributed by atoms with E-state index in [1.807, 2.05) is 36.9 Å². The molecule has 0 N–H and O–H groups in total. The molecule has 1 fully saturated rings. The van der Waals surface area contributed by atoms with Gasteiger partial charge in [-0.1, -0.05) is 37.3 Å². The third-order valence-corrected chi connectivity index (χ3v) is 5.63. The number of carbonyl (C=O) groups excluding carboxylic acids is 2. The normalized spacial score (nSPS) is 24.7. The molecule has 27 heavy (non-hydrogen) atoms. The Bertz CT molecular complexity index is 847. The van der Waals surface area contributed by atoms with Crippen LogP contribution in [0.3, 0.4) is 0 Å². The molecule has 3 aliphatic rings. The highest BCUT2D eigenvalue weighted by atomic mass is 16.2. The summed E-state index contributed by atoms with van der Waals surface area (Å²) in [6.45, 7) is 7.16. The zero-order valence-electron chi connectivity index (χ0n) is 16.2. The van der Waals surface area contributed by atoms with E-state index in [0.29, 0.717) is 13.1 Å². The number of aliphatic imine (C=N–C) groups is 1. The molecule has 7 nitrogen and oxygen atoms in total. The topological polar surface area (TPSA) is 59.5 Å². The second-order valence-electron chi connectivity index (χ2n) is 7.28. The molecule has 0 spiro atoms. The number of allylic oxidation sites excluding steroid dienone is 2. The molecule has 0 aromatic heterocycles. The number of amides is 3. The highest BCUT2D eigenvalue weighted by Gasteiger charge is 2.55. The van der Waals surface area contributed by atoms with Gasteiger partial charge in [-0.2, -0.15) is 0 Å². The second kappa shape index (κ2) is 6.40. The van der Waals surface area contributed by atoms with Crippen molar-refractivity contribution >= 4 is 17.9 Å². The Morgan fingerprint density at radius 1 is 1.04 bits per heavy atom. The van der Waals surface area contributed by atoms with Crippen LogP contribution in [0.2, 0.25) is 0 Å². The number of hydrogen-bond acceptors (Lipinski definition) is 5. The lowest BCUT2D eigenvalue weighted by atomic mass is 10.1. The fourth-order valence-corrected chi connectivity index (χ4v) is 4.07. The molecule has 3 aliphatic heterocycles. The molecular formula is C20H25N5O2. The van der Waals surface area contributed by atoms with Crippen LogP contribution in [0.25, 0.3) is 0 Å². The molecule has 1 aromatic carbocycles. The largest absolute Gasteiger partial charge is 0.328 e. The van der Waals surface area contributed by atoms with E-state index in [1.54, 1.807) is 11.9 Å². The molecule has 0 bridgehead atoms. The Labute approximate surface area is 159 Å². The van der Waals surface area contributed by atoms with E-state index in [0.717, 1.165) is 23.8 Å². The number of hydrogen-bond donors (Lipinski definition) is 0. The molecule has 1 saturated heterocycles.